The van der Waals surface area contributed by atoms with Crippen molar-refractivity contribution in [3.8, 4) is 5.75 Å². The Morgan fingerprint density at radius 1 is 1.16 bits per heavy atom. The van der Waals surface area contributed by atoms with Gasteiger partial charge in [-0.15, -0.1) is 0 Å². The molecule has 100 valence electrons. The number of hydrogen-bond acceptors (Lipinski definition) is 2. The lowest BCUT2D eigenvalue weighted by molar-refractivity contribution is -0.146. The first kappa shape index (κ1) is 13.4. The zero-order valence-corrected chi connectivity index (χ0v) is 11.4. The highest BCUT2D eigenvalue weighted by Gasteiger charge is 2.27. The summed E-state index contributed by atoms with van der Waals surface area (Å²) in [6.07, 6.45) is 0.518. The van der Waals surface area contributed by atoms with Crippen LogP contribution in [0.15, 0.2) is 36.4 Å². The number of carbonyl (C=O) groups is 1. The normalized spacial score (nSPS) is 11.5. The van der Waals surface area contributed by atoms with Crippen LogP contribution < -0.4 is 4.74 Å². The number of hydrogen-bond donors (Lipinski definition) is 1. The van der Waals surface area contributed by atoms with Crippen molar-refractivity contribution >= 4 is 16.7 Å². The minimum atomic E-state index is -0.776. The molecule has 0 unspecified atom stereocenters. The maximum Gasteiger partial charge on any atom is 0.309 e. The number of aliphatic carboxylic acids is 1. The second-order valence-electron chi connectivity index (χ2n) is 5.41. The molecule has 0 saturated carbocycles. The molecule has 19 heavy (non-hydrogen) atoms. The maximum atomic E-state index is 11.2. The summed E-state index contributed by atoms with van der Waals surface area (Å²) >= 11 is 0. The molecule has 2 rings (SSSR count). The molecule has 0 aliphatic heterocycles. The van der Waals surface area contributed by atoms with E-state index in [9.17, 15) is 4.79 Å². The van der Waals surface area contributed by atoms with Crippen molar-refractivity contribution < 1.29 is 14.6 Å². The molecule has 0 aliphatic carbocycles. The molecule has 3 nitrogen and oxygen atoms in total. The predicted molar refractivity (Wildman–Crippen MR) is 75.6 cm³/mol. The van der Waals surface area contributed by atoms with Gasteiger partial charge in [-0.2, -0.15) is 0 Å². The Hall–Kier alpha value is -2.03. The van der Waals surface area contributed by atoms with Crippen LogP contribution in [0.4, 0.5) is 0 Å². The zero-order chi connectivity index (χ0) is 14.0. The van der Waals surface area contributed by atoms with Crippen molar-refractivity contribution in [3.05, 3.63) is 42.0 Å². The third kappa shape index (κ3) is 2.87. The molecule has 0 aliphatic rings. The average Bonchev–Trinajstić information content (AvgIpc) is 2.37. The lowest BCUT2D eigenvalue weighted by Crippen LogP contribution is -2.26. The first-order chi connectivity index (χ1) is 8.92. The third-order valence-electron chi connectivity index (χ3n) is 3.34. The number of carboxylic acids is 1. The molecule has 3 heteroatoms. The fourth-order valence-corrected chi connectivity index (χ4v) is 2.10. The smallest absolute Gasteiger partial charge is 0.309 e. The van der Waals surface area contributed by atoms with Gasteiger partial charge >= 0.3 is 5.97 Å². The van der Waals surface area contributed by atoms with E-state index in [-0.39, 0.29) is 0 Å². The van der Waals surface area contributed by atoms with Crippen LogP contribution >= 0.6 is 0 Å². The van der Waals surface area contributed by atoms with Crippen LogP contribution in [0.25, 0.3) is 10.8 Å². The second kappa shape index (κ2) is 4.92. The van der Waals surface area contributed by atoms with Crippen LogP contribution in [0, 0.1) is 5.41 Å². The van der Waals surface area contributed by atoms with Gasteiger partial charge in [-0.3, -0.25) is 4.79 Å². The number of fused-ring (bicyclic) bond motifs is 1. The van der Waals surface area contributed by atoms with E-state index in [1.807, 2.05) is 36.4 Å². The first-order valence-corrected chi connectivity index (χ1v) is 6.22. The van der Waals surface area contributed by atoms with E-state index in [0.29, 0.717) is 6.42 Å². The van der Waals surface area contributed by atoms with Crippen LogP contribution in [0.1, 0.15) is 19.4 Å². The van der Waals surface area contributed by atoms with Gasteiger partial charge in [-0.05, 0) is 48.7 Å². The molecule has 0 fully saturated rings. The van der Waals surface area contributed by atoms with E-state index in [1.165, 1.54) is 0 Å². The SMILES string of the molecule is COc1ccc2cc(CC(C)(C)C(=O)O)ccc2c1. The Labute approximate surface area is 112 Å². The Bertz CT molecular complexity index is 614. The molecule has 1 N–H and O–H groups in total. The van der Waals surface area contributed by atoms with Crippen molar-refractivity contribution in [2.75, 3.05) is 7.11 Å². The van der Waals surface area contributed by atoms with E-state index in [1.54, 1.807) is 21.0 Å². The van der Waals surface area contributed by atoms with Gasteiger partial charge in [-0.1, -0.05) is 24.3 Å². The Morgan fingerprint density at radius 2 is 1.79 bits per heavy atom. The molecule has 0 saturated heterocycles. The van der Waals surface area contributed by atoms with Crippen molar-refractivity contribution in [2.45, 2.75) is 20.3 Å². The van der Waals surface area contributed by atoms with Crippen LogP contribution in [-0.2, 0) is 11.2 Å². The van der Waals surface area contributed by atoms with Gasteiger partial charge in [0.2, 0.25) is 0 Å². The molecule has 0 radical (unpaired) electrons. The minimum Gasteiger partial charge on any atom is -0.497 e. The second-order valence-corrected chi connectivity index (χ2v) is 5.41. The highest BCUT2D eigenvalue weighted by molar-refractivity contribution is 5.84. The Balaban J connectivity index is 2.35. The summed E-state index contributed by atoms with van der Waals surface area (Å²) < 4.78 is 5.19. The van der Waals surface area contributed by atoms with Gasteiger partial charge in [0.1, 0.15) is 5.75 Å². The quantitative estimate of drug-likeness (QED) is 0.913. The van der Waals surface area contributed by atoms with Crippen LogP contribution in [0.3, 0.4) is 0 Å². The fourth-order valence-electron chi connectivity index (χ4n) is 2.10. The molecular formula is C16H18O3. The van der Waals surface area contributed by atoms with E-state index in [2.05, 4.69) is 0 Å². The zero-order valence-electron chi connectivity index (χ0n) is 11.4. The lowest BCUT2D eigenvalue weighted by atomic mass is 9.85. The third-order valence-corrected chi connectivity index (χ3v) is 3.34. The largest absolute Gasteiger partial charge is 0.497 e. The summed E-state index contributed by atoms with van der Waals surface area (Å²) in [4.78, 5) is 11.2. The van der Waals surface area contributed by atoms with E-state index < -0.39 is 11.4 Å². The molecule has 0 spiro atoms. The number of carboxylic acid groups (broad SMARTS) is 1. The van der Waals surface area contributed by atoms with E-state index >= 15 is 0 Å². The molecule has 0 aromatic heterocycles. The summed E-state index contributed by atoms with van der Waals surface area (Å²) in [6, 6.07) is 11.9. The molecule has 0 heterocycles. The van der Waals surface area contributed by atoms with Gasteiger partial charge in [0.05, 0.1) is 12.5 Å². The first-order valence-electron chi connectivity index (χ1n) is 6.22. The standard InChI is InChI=1S/C16H18O3/c1-16(2,15(17)18)10-11-4-5-13-9-14(19-3)7-6-12(13)8-11/h4-9H,10H2,1-3H3,(H,17,18). The Morgan fingerprint density at radius 3 is 2.42 bits per heavy atom. The van der Waals surface area contributed by atoms with Crippen LogP contribution in [-0.4, -0.2) is 18.2 Å². The van der Waals surface area contributed by atoms with Gasteiger partial charge in [0, 0.05) is 0 Å². The molecule has 2 aromatic carbocycles. The van der Waals surface area contributed by atoms with Gasteiger partial charge in [0.15, 0.2) is 0 Å². The average molecular weight is 258 g/mol. The predicted octanol–water partition coefficient (Wildman–Crippen LogP) is 3.50. The highest BCUT2D eigenvalue weighted by atomic mass is 16.5. The van der Waals surface area contributed by atoms with Crippen molar-refractivity contribution in [1.82, 2.24) is 0 Å². The van der Waals surface area contributed by atoms with E-state index in [4.69, 9.17) is 9.84 Å². The molecule has 0 amide bonds. The van der Waals surface area contributed by atoms with Gasteiger partial charge in [-0.25, -0.2) is 0 Å². The summed E-state index contributed by atoms with van der Waals surface area (Å²) in [7, 11) is 1.64. The van der Waals surface area contributed by atoms with Crippen LogP contribution in [0.5, 0.6) is 5.75 Å². The summed E-state index contributed by atoms with van der Waals surface area (Å²) in [5.41, 5.74) is 0.283. The number of ether oxygens (including phenoxy) is 1. The highest BCUT2D eigenvalue weighted by Crippen LogP contribution is 2.26. The Kier molecular flexibility index (Phi) is 3.47. The maximum absolute atomic E-state index is 11.2. The molecule has 0 bridgehead atoms. The van der Waals surface area contributed by atoms with Crippen molar-refractivity contribution in [2.24, 2.45) is 5.41 Å². The summed E-state index contributed by atoms with van der Waals surface area (Å²) in [5, 5.41) is 11.4. The van der Waals surface area contributed by atoms with Crippen molar-refractivity contribution in [3.63, 3.8) is 0 Å². The van der Waals surface area contributed by atoms with E-state index in [0.717, 1.165) is 22.1 Å². The molecule has 0 atom stereocenters. The number of methoxy groups -OCH3 is 1. The van der Waals surface area contributed by atoms with Crippen LogP contribution in [0.2, 0.25) is 0 Å². The van der Waals surface area contributed by atoms with Crippen molar-refractivity contribution in [1.29, 1.82) is 0 Å². The topological polar surface area (TPSA) is 46.5 Å². The fraction of sp³-hybridized carbons (Fsp3) is 0.312. The summed E-state index contributed by atoms with van der Waals surface area (Å²) in [6.45, 7) is 3.49. The molecular weight excluding hydrogens is 240 g/mol. The number of benzene rings is 2. The minimum absolute atomic E-state index is 0.518. The van der Waals surface area contributed by atoms with Gasteiger partial charge in [0.25, 0.3) is 0 Å². The number of rotatable bonds is 4. The summed E-state index contributed by atoms with van der Waals surface area (Å²) in [5.74, 6) is 0.0495. The molecule has 2 aromatic rings. The lowest BCUT2D eigenvalue weighted by Gasteiger charge is -2.19. The van der Waals surface area contributed by atoms with Gasteiger partial charge < -0.3 is 9.84 Å². The monoisotopic (exact) mass is 258 g/mol.